The van der Waals surface area contributed by atoms with Gasteiger partial charge in [0.15, 0.2) is 0 Å². The van der Waals surface area contributed by atoms with Crippen LogP contribution in [0.25, 0.3) is 0 Å². The first kappa shape index (κ1) is 20.1. The van der Waals surface area contributed by atoms with Crippen molar-refractivity contribution in [2.24, 2.45) is 0 Å². The SMILES string of the molecule is CCCC(C)(CC)c1cc(C)c(OC(C)(CC)CC)c(C)c1C. The third-order valence-electron chi connectivity index (χ3n) is 6.10. The second-order valence-electron chi connectivity index (χ2n) is 7.74. The molecule has 1 atom stereocenters. The van der Waals surface area contributed by atoms with Crippen LogP contribution in [-0.2, 0) is 5.41 Å². The Morgan fingerprint density at radius 1 is 0.870 bits per heavy atom. The highest BCUT2D eigenvalue weighted by Gasteiger charge is 2.29. The largest absolute Gasteiger partial charge is 0.487 e. The Bertz CT molecular complexity index is 525. The van der Waals surface area contributed by atoms with Crippen molar-refractivity contribution in [2.45, 2.75) is 105 Å². The molecule has 132 valence electrons. The van der Waals surface area contributed by atoms with Gasteiger partial charge in [-0.05, 0) is 81.0 Å². The summed E-state index contributed by atoms with van der Waals surface area (Å²) in [5.41, 5.74) is 5.74. The second-order valence-corrected chi connectivity index (χ2v) is 7.74. The number of aryl methyl sites for hydroxylation is 1. The molecule has 0 radical (unpaired) electrons. The van der Waals surface area contributed by atoms with Crippen LogP contribution in [0.2, 0.25) is 0 Å². The van der Waals surface area contributed by atoms with Crippen LogP contribution in [0.1, 0.15) is 95.9 Å². The summed E-state index contributed by atoms with van der Waals surface area (Å²) < 4.78 is 6.50. The summed E-state index contributed by atoms with van der Waals surface area (Å²) in [7, 11) is 0. The van der Waals surface area contributed by atoms with Gasteiger partial charge >= 0.3 is 0 Å². The molecule has 0 heterocycles. The summed E-state index contributed by atoms with van der Waals surface area (Å²) in [5.74, 6) is 1.10. The number of benzene rings is 1. The number of ether oxygens (including phenoxy) is 1. The lowest BCUT2D eigenvalue weighted by Gasteiger charge is -2.34. The van der Waals surface area contributed by atoms with Crippen molar-refractivity contribution in [2.75, 3.05) is 0 Å². The fourth-order valence-corrected chi connectivity index (χ4v) is 3.54. The lowest BCUT2D eigenvalue weighted by Crippen LogP contribution is -2.31. The molecule has 0 N–H and O–H groups in total. The molecule has 1 unspecified atom stereocenters. The van der Waals surface area contributed by atoms with Crippen LogP contribution in [0.15, 0.2) is 6.07 Å². The van der Waals surface area contributed by atoms with Crippen LogP contribution < -0.4 is 4.74 Å². The zero-order valence-corrected chi connectivity index (χ0v) is 17.0. The Labute approximate surface area is 144 Å². The van der Waals surface area contributed by atoms with Crippen molar-refractivity contribution >= 4 is 0 Å². The number of hydrogen-bond donors (Lipinski definition) is 0. The smallest absolute Gasteiger partial charge is 0.126 e. The molecule has 1 aromatic rings. The topological polar surface area (TPSA) is 9.23 Å². The molecule has 0 amide bonds. The van der Waals surface area contributed by atoms with E-state index in [9.17, 15) is 0 Å². The molecule has 1 rings (SSSR count). The Balaban J connectivity index is 3.40. The first-order valence-corrected chi connectivity index (χ1v) is 9.48. The van der Waals surface area contributed by atoms with E-state index in [2.05, 4.69) is 68.4 Å². The van der Waals surface area contributed by atoms with Gasteiger partial charge in [-0.1, -0.05) is 47.1 Å². The molecule has 23 heavy (non-hydrogen) atoms. The van der Waals surface area contributed by atoms with Crippen LogP contribution >= 0.6 is 0 Å². The van der Waals surface area contributed by atoms with Crippen LogP contribution in [0.3, 0.4) is 0 Å². The second kappa shape index (κ2) is 7.73. The van der Waals surface area contributed by atoms with Gasteiger partial charge in [-0.25, -0.2) is 0 Å². The molecule has 0 saturated carbocycles. The van der Waals surface area contributed by atoms with E-state index in [0.29, 0.717) is 0 Å². The molecule has 0 bridgehead atoms. The molecule has 0 aliphatic carbocycles. The van der Waals surface area contributed by atoms with Crippen LogP contribution in [0.4, 0.5) is 0 Å². The monoisotopic (exact) mass is 318 g/mol. The maximum Gasteiger partial charge on any atom is 0.126 e. The standard InChI is InChI=1S/C22H38O/c1-10-14-21(8,11-2)19-15-16(5)20(18(7)17(19)6)23-22(9,12-3)13-4/h15H,10-14H2,1-9H3. The van der Waals surface area contributed by atoms with Gasteiger partial charge in [-0.15, -0.1) is 0 Å². The minimum Gasteiger partial charge on any atom is -0.487 e. The zero-order valence-electron chi connectivity index (χ0n) is 17.0. The van der Waals surface area contributed by atoms with Gasteiger partial charge in [-0.2, -0.15) is 0 Å². The summed E-state index contributed by atoms with van der Waals surface area (Å²) in [6.07, 6.45) is 5.72. The molecule has 1 aromatic carbocycles. The van der Waals surface area contributed by atoms with E-state index in [1.54, 1.807) is 0 Å². The van der Waals surface area contributed by atoms with Crippen LogP contribution in [0, 0.1) is 20.8 Å². The fraction of sp³-hybridized carbons (Fsp3) is 0.727. The van der Waals surface area contributed by atoms with Crippen molar-refractivity contribution in [3.05, 3.63) is 28.3 Å². The van der Waals surface area contributed by atoms with Crippen molar-refractivity contribution < 1.29 is 4.74 Å². The minimum atomic E-state index is -0.0685. The molecular formula is C22H38O. The Morgan fingerprint density at radius 3 is 1.87 bits per heavy atom. The summed E-state index contributed by atoms with van der Waals surface area (Å²) in [5, 5.41) is 0. The van der Waals surface area contributed by atoms with Crippen LogP contribution in [-0.4, -0.2) is 5.60 Å². The molecule has 1 heteroatoms. The summed E-state index contributed by atoms with van der Waals surface area (Å²) in [4.78, 5) is 0. The third kappa shape index (κ3) is 4.11. The molecule has 0 aliphatic heterocycles. The minimum absolute atomic E-state index is 0.0685. The molecule has 1 nitrogen and oxygen atoms in total. The highest BCUT2D eigenvalue weighted by atomic mass is 16.5. The predicted molar refractivity (Wildman–Crippen MR) is 103 cm³/mol. The fourth-order valence-electron chi connectivity index (χ4n) is 3.54. The average molecular weight is 319 g/mol. The van der Waals surface area contributed by atoms with E-state index >= 15 is 0 Å². The Kier molecular flexibility index (Phi) is 6.74. The molecule has 0 spiro atoms. The maximum absolute atomic E-state index is 6.50. The van der Waals surface area contributed by atoms with Gasteiger partial charge in [-0.3, -0.25) is 0 Å². The molecule has 0 aliphatic rings. The lowest BCUT2D eigenvalue weighted by atomic mass is 9.73. The van der Waals surface area contributed by atoms with Gasteiger partial charge in [0.2, 0.25) is 0 Å². The molecule has 0 fully saturated rings. The summed E-state index contributed by atoms with van der Waals surface area (Å²) in [6, 6.07) is 2.39. The normalized spacial score (nSPS) is 14.7. The highest BCUT2D eigenvalue weighted by Crippen LogP contribution is 2.41. The summed E-state index contributed by atoms with van der Waals surface area (Å²) in [6.45, 7) is 20.4. The first-order valence-electron chi connectivity index (χ1n) is 9.48. The number of hydrogen-bond acceptors (Lipinski definition) is 1. The Morgan fingerprint density at radius 2 is 1.43 bits per heavy atom. The molecule has 0 aromatic heterocycles. The average Bonchev–Trinajstić information content (AvgIpc) is 2.54. The van der Waals surface area contributed by atoms with Crippen molar-refractivity contribution in [1.82, 2.24) is 0 Å². The van der Waals surface area contributed by atoms with Crippen molar-refractivity contribution in [3.63, 3.8) is 0 Å². The zero-order chi connectivity index (χ0) is 17.8. The van der Waals surface area contributed by atoms with Gasteiger partial charge < -0.3 is 4.74 Å². The van der Waals surface area contributed by atoms with Gasteiger partial charge in [0.1, 0.15) is 11.4 Å². The first-order chi connectivity index (χ1) is 10.7. The third-order valence-corrected chi connectivity index (χ3v) is 6.10. The van der Waals surface area contributed by atoms with Crippen molar-refractivity contribution in [1.29, 1.82) is 0 Å². The van der Waals surface area contributed by atoms with Gasteiger partial charge in [0, 0.05) is 0 Å². The van der Waals surface area contributed by atoms with E-state index in [0.717, 1.165) is 18.6 Å². The van der Waals surface area contributed by atoms with E-state index in [1.165, 1.54) is 41.5 Å². The summed E-state index contributed by atoms with van der Waals surface area (Å²) >= 11 is 0. The van der Waals surface area contributed by atoms with Crippen molar-refractivity contribution in [3.8, 4) is 5.75 Å². The quantitative estimate of drug-likeness (QED) is 0.499. The number of rotatable bonds is 8. The van der Waals surface area contributed by atoms with E-state index < -0.39 is 0 Å². The Hall–Kier alpha value is -0.980. The van der Waals surface area contributed by atoms with Gasteiger partial charge in [0.25, 0.3) is 0 Å². The lowest BCUT2D eigenvalue weighted by molar-refractivity contribution is 0.0784. The molecular weight excluding hydrogens is 280 g/mol. The van der Waals surface area contributed by atoms with Gasteiger partial charge in [0.05, 0.1) is 0 Å². The molecule has 0 saturated heterocycles. The highest BCUT2D eigenvalue weighted by molar-refractivity contribution is 5.51. The predicted octanol–water partition coefficient (Wildman–Crippen LogP) is 7.04. The van der Waals surface area contributed by atoms with E-state index in [-0.39, 0.29) is 11.0 Å². The van der Waals surface area contributed by atoms with E-state index in [1.807, 2.05) is 0 Å². The maximum atomic E-state index is 6.50. The van der Waals surface area contributed by atoms with E-state index in [4.69, 9.17) is 4.74 Å². The van der Waals surface area contributed by atoms with Crippen LogP contribution in [0.5, 0.6) is 5.75 Å².